The number of carbonyl (C=O) groups excluding carboxylic acids is 1. The van der Waals surface area contributed by atoms with Crippen molar-refractivity contribution in [3.05, 3.63) is 53.2 Å². The molecule has 3 aromatic rings. The molecule has 1 fully saturated rings. The third kappa shape index (κ3) is 5.46. The summed E-state index contributed by atoms with van der Waals surface area (Å²) in [6.07, 6.45) is 1.66. The van der Waals surface area contributed by atoms with Gasteiger partial charge in [-0.05, 0) is 56.4 Å². The predicted octanol–water partition coefficient (Wildman–Crippen LogP) is 3.51. The molecule has 2 aromatic heterocycles. The number of likely N-dealkylation sites (tertiary alicyclic amines) is 1. The van der Waals surface area contributed by atoms with Gasteiger partial charge in [-0.25, -0.2) is 0 Å². The first-order valence-corrected chi connectivity index (χ1v) is 11.1. The monoisotopic (exact) mass is 426 g/mol. The molecule has 0 atom stereocenters. The van der Waals surface area contributed by atoms with Gasteiger partial charge in [0, 0.05) is 5.92 Å². The van der Waals surface area contributed by atoms with E-state index < -0.39 is 0 Å². The molecule has 0 aliphatic carbocycles. The Hall–Kier alpha value is -2.71. The van der Waals surface area contributed by atoms with Crippen molar-refractivity contribution >= 4 is 17.2 Å². The third-order valence-electron chi connectivity index (χ3n) is 5.22. The van der Waals surface area contributed by atoms with E-state index in [9.17, 15) is 4.79 Å². The minimum atomic E-state index is 0.0463. The molecule has 7 nitrogen and oxygen atoms in total. The molecule has 3 heterocycles. The van der Waals surface area contributed by atoms with Crippen LogP contribution in [0.2, 0.25) is 0 Å². The van der Waals surface area contributed by atoms with Crippen LogP contribution < -0.4 is 10.1 Å². The van der Waals surface area contributed by atoms with Crippen molar-refractivity contribution in [1.29, 1.82) is 0 Å². The number of nitrogens with one attached hydrogen (secondary N) is 1. The van der Waals surface area contributed by atoms with Gasteiger partial charge in [-0.15, -0.1) is 11.3 Å². The number of aryl methyl sites for hydroxylation is 1. The van der Waals surface area contributed by atoms with Crippen LogP contribution in [0.5, 0.6) is 5.75 Å². The average Bonchev–Trinajstić information content (AvgIpc) is 3.45. The highest BCUT2D eigenvalue weighted by Gasteiger charge is 2.25. The topological polar surface area (TPSA) is 80.5 Å². The normalized spacial score (nSPS) is 15.2. The van der Waals surface area contributed by atoms with E-state index in [2.05, 4.69) is 20.4 Å². The summed E-state index contributed by atoms with van der Waals surface area (Å²) in [6.45, 7) is 5.33. The van der Waals surface area contributed by atoms with Gasteiger partial charge in [0.1, 0.15) is 12.4 Å². The second-order valence-electron chi connectivity index (χ2n) is 7.49. The Morgan fingerprint density at radius 2 is 2.07 bits per heavy atom. The quantitative estimate of drug-likeness (QED) is 0.555. The molecule has 0 bridgehead atoms. The molecule has 0 saturated carbocycles. The van der Waals surface area contributed by atoms with Crippen LogP contribution in [0.3, 0.4) is 0 Å². The number of piperidine rings is 1. The SMILES string of the molecule is Cc1ccc(OCCNC(=O)C2CCN(Cc3nc(-c4cccs4)no3)CC2)cc1. The van der Waals surface area contributed by atoms with Gasteiger partial charge in [0.2, 0.25) is 17.6 Å². The largest absolute Gasteiger partial charge is 0.492 e. The van der Waals surface area contributed by atoms with Crippen LogP contribution in [0.15, 0.2) is 46.3 Å². The Balaban J connectivity index is 1.15. The molecule has 0 unspecified atom stereocenters. The summed E-state index contributed by atoms with van der Waals surface area (Å²) >= 11 is 1.59. The molecule has 8 heteroatoms. The summed E-state index contributed by atoms with van der Waals surface area (Å²) in [6, 6.07) is 11.9. The van der Waals surface area contributed by atoms with E-state index in [1.807, 2.05) is 48.7 Å². The van der Waals surface area contributed by atoms with Crippen molar-refractivity contribution in [2.24, 2.45) is 5.92 Å². The lowest BCUT2D eigenvalue weighted by Gasteiger charge is -2.30. The second-order valence-corrected chi connectivity index (χ2v) is 8.44. The van der Waals surface area contributed by atoms with Crippen molar-refractivity contribution in [1.82, 2.24) is 20.4 Å². The standard InChI is InChI=1S/C22H26N4O3S/c1-16-4-6-18(7-5-16)28-13-10-23-22(27)17-8-11-26(12-9-17)15-20-24-21(25-29-20)19-3-2-14-30-19/h2-7,14,17H,8-13,15H2,1H3,(H,23,27). The number of carbonyl (C=O) groups is 1. The first-order chi connectivity index (χ1) is 14.7. The third-order valence-corrected chi connectivity index (χ3v) is 6.08. The Morgan fingerprint density at radius 3 is 2.80 bits per heavy atom. The summed E-state index contributed by atoms with van der Waals surface area (Å²) in [5.74, 6) is 2.24. The molecular formula is C22H26N4O3S. The van der Waals surface area contributed by atoms with Gasteiger partial charge in [0.15, 0.2) is 0 Å². The summed E-state index contributed by atoms with van der Waals surface area (Å²) in [4.78, 5) is 20.2. The minimum absolute atomic E-state index is 0.0463. The number of aromatic nitrogens is 2. The highest BCUT2D eigenvalue weighted by Crippen LogP contribution is 2.23. The number of amides is 1. The molecule has 1 aliphatic heterocycles. The zero-order valence-corrected chi connectivity index (χ0v) is 17.9. The maximum absolute atomic E-state index is 12.4. The Bertz CT molecular complexity index is 932. The molecule has 1 aliphatic rings. The molecule has 1 N–H and O–H groups in total. The van der Waals surface area contributed by atoms with E-state index in [0.717, 1.165) is 36.6 Å². The summed E-state index contributed by atoms with van der Waals surface area (Å²) in [5.41, 5.74) is 1.20. The molecule has 158 valence electrons. The first-order valence-electron chi connectivity index (χ1n) is 10.2. The summed E-state index contributed by atoms with van der Waals surface area (Å²) in [7, 11) is 0. The van der Waals surface area contributed by atoms with Crippen LogP contribution >= 0.6 is 11.3 Å². The molecule has 4 rings (SSSR count). The van der Waals surface area contributed by atoms with Crippen molar-refractivity contribution in [2.45, 2.75) is 26.3 Å². The Morgan fingerprint density at radius 1 is 1.27 bits per heavy atom. The fraction of sp³-hybridized carbons (Fsp3) is 0.409. The number of benzene rings is 1. The number of rotatable bonds is 8. The highest BCUT2D eigenvalue weighted by molar-refractivity contribution is 7.13. The van der Waals surface area contributed by atoms with Crippen molar-refractivity contribution in [2.75, 3.05) is 26.2 Å². The number of ether oxygens (including phenoxy) is 1. The van der Waals surface area contributed by atoms with E-state index >= 15 is 0 Å². The van der Waals surface area contributed by atoms with Crippen LogP contribution in [-0.4, -0.2) is 47.2 Å². The number of thiophene rings is 1. The van der Waals surface area contributed by atoms with Gasteiger partial charge < -0.3 is 14.6 Å². The summed E-state index contributed by atoms with van der Waals surface area (Å²) < 4.78 is 11.1. The zero-order chi connectivity index (χ0) is 20.8. The fourth-order valence-corrected chi connectivity index (χ4v) is 4.14. The smallest absolute Gasteiger partial charge is 0.241 e. The van der Waals surface area contributed by atoms with Gasteiger partial charge in [0.05, 0.1) is 18.0 Å². The average molecular weight is 427 g/mol. The lowest BCUT2D eigenvalue weighted by atomic mass is 9.96. The molecule has 0 radical (unpaired) electrons. The van der Waals surface area contributed by atoms with Crippen LogP contribution in [0.25, 0.3) is 10.7 Å². The Labute approximate surface area is 180 Å². The van der Waals surface area contributed by atoms with Crippen LogP contribution in [0.4, 0.5) is 0 Å². The predicted molar refractivity (Wildman–Crippen MR) is 115 cm³/mol. The van der Waals surface area contributed by atoms with Crippen LogP contribution in [0, 0.1) is 12.8 Å². The van der Waals surface area contributed by atoms with Crippen molar-refractivity contribution < 1.29 is 14.1 Å². The highest BCUT2D eigenvalue weighted by atomic mass is 32.1. The molecule has 30 heavy (non-hydrogen) atoms. The number of hydrogen-bond donors (Lipinski definition) is 1. The molecule has 1 aromatic carbocycles. The van der Waals surface area contributed by atoms with E-state index in [0.29, 0.717) is 31.4 Å². The minimum Gasteiger partial charge on any atom is -0.492 e. The number of hydrogen-bond acceptors (Lipinski definition) is 7. The van der Waals surface area contributed by atoms with E-state index in [1.54, 1.807) is 11.3 Å². The first kappa shape index (κ1) is 20.6. The molecule has 0 spiro atoms. The lowest BCUT2D eigenvalue weighted by Crippen LogP contribution is -2.41. The molecule has 1 saturated heterocycles. The van der Waals surface area contributed by atoms with Gasteiger partial charge >= 0.3 is 0 Å². The van der Waals surface area contributed by atoms with E-state index in [4.69, 9.17) is 9.26 Å². The van der Waals surface area contributed by atoms with E-state index in [-0.39, 0.29) is 11.8 Å². The van der Waals surface area contributed by atoms with E-state index in [1.165, 1.54) is 5.56 Å². The maximum Gasteiger partial charge on any atom is 0.241 e. The fourth-order valence-electron chi connectivity index (χ4n) is 3.49. The maximum atomic E-state index is 12.4. The molecule has 1 amide bonds. The summed E-state index contributed by atoms with van der Waals surface area (Å²) in [5, 5.41) is 9.05. The zero-order valence-electron chi connectivity index (χ0n) is 17.0. The second kappa shape index (κ2) is 9.86. The van der Waals surface area contributed by atoms with Crippen molar-refractivity contribution in [3.8, 4) is 16.5 Å². The lowest BCUT2D eigenvalue weighted by molar-refractivity contribution is -0.126. The van der Waals surface area contributed by atoms with Gasteiger partial charge in [-0.3, -0.25) is 9.69 Å². The Kier molecular flexibility index (Phi) is 6.76. The van der Waals surface area contributed by atoms with Crippen LogP contribution in [-0.2, 0) is 11.3 Å². The number of nitrogens with zero attached hydrogens (tertiary/aromatic N) is 3. The van der Waals surface area contributed by atoms with Gasteiger partial charge in [0.25, 0.3) is 0 Å². The van der Waals surface area contributed by atoms with Gasteiger partial charge in [-0.2, -0.15) is 4.98 Å². The van der Waals surface area contributed by atoms with Crippen molar-refractivity contribution in [3.63, 3.8) is 0 Å². The van der Waals surface area contributed by atoms with Crippen LogP contribution in [0.1, 0.15) is 24.3 Å². The molecular weight excluding hydrogens is 400 g/mol. The van der Waals surface area contributed by atoms with Gasteiger partial charge in [-0.1, -0.05) is 28.9 Å².